The van der Waals surface area contributed by atoms with Crippen LogP contribution in [0.2, 0.25) is 5.02 Å². The van der Waals surface area contributed by atoms with Gasteiger partial charge in [-0.3, -0.25) is 20.3 Å². The Morgan fingerprint density at radius 1 is 1.06 bits per heavy atom. The number of fused-ring (bicyclic) bond motifs is 1. The molecule has 2 N–H and O–H groups in total. The maximum atomic E-state index is 12.6. The number of hydrogen-bond acceptors (Lipinski definition) is 8. The Morgan fingerprint density at radius 2 is 1.88 bits per heavy atom. The Morgan fingerprint density at radius 3 is 2.66 bits per heavy atom. The van der Waals surface area contributed by atoms with Crippen LogP contribution in [-0.4, -0.2) is 26.3 Å². The summed E-state index contributed by atoms with van der Waals surface area (Å²) in [5, 5.41) is 15.9. The average Bonchev–Trinajstić information content (AvgIpc) is 3.21. The van der Waals surface area contributed by atoms with Crippen LogP contribution in [0.15, 0.2) is 70.7 Å². The van der Waals surface area contributed by atoms with Gasteiger partial charge >= 0.3 is 0 Å². The number of hydrazone groups is 1. The predicted molar refractivity (Wildman–Crippen MR) is 119 cm³/mol. The summed E-state index contributed by atoms with van der Waals surface area (Å²) in [6.07, 6.45) is 1.44. The molecule has 1 aliphatic heterocycles. The van der Waals surface area contributed by atoms with Crippen LogP contribution in [0, 0.1) is 10.1 Å². The SMILES string of the molecule is O=[N+]([O-])c1cc(S(=O)(=O)Nc2cccc(Cl)c2)ccc1NN=Cc1ccc2c(c1)OCO2. The normalized spacial score (nSPS) is 12.7. The maximum absolute atomic E-state index is 12.6. The van der Waals surface area contributed by atoms with Crippen LogP contribution in [0.4, 0.5) is 17.1 Å². The van der Waals surface area contributed by atoms with Crippen molar-refractivity contribution in [2.24, 2.45) is 5.10 Å². The fraction of sp³-hybridized carbons (Fsp3) is 0.0500. The lowest BCUT2D eigenvalue weighted by Gasteiger charge is -2.09. The third-order valence-corrected chi connectivity index (χ3v) is 5.96. The Bertz CT molecular complexity index is 1330. The summed E-state index contributed by atoms with van der Waals surface area (Å²) in [4.78, 5) is 10.5. The number of sulfonamides is 1. The van der Waals surface area contributed by atoms with Gasteiger partial charge in [-0.2, -0.15) is 5.10 Å². The highest BCUT2D eigenvalue weighted by Gasteiger charge is 2.22. The van der Waals surface area contributed by atoms with E-state index in [-0.39, 0.29) is 23.1 Å². The number of ether oxygens (including phenoxy) is 2. The molecule has 0 radical (unpaired) electrons. The lowest BCUT2D eigenvalue weighted by atomic mass is 10.2. The van der Waals surface area contributed by atoms with Gasteiger partial charge in [-0.15, -0.1) is 0 Å². The number of rotatable bonds is 7. The maximum Gasteiger partial charge on any atom is 0.295 e. The van der Waals surface area contributed by atoms with Crippen molar-refractivity contribution in [1.29, 1.82) is 0 Å². The molecule has 0 aromatic heterocycles. The average molecular weight is 475 g/mol. The van der Waals surface area contributed by atoms with E-state index in [0.717, 1.165) is 6.07 Å². The van der Waals surface area contributed by atoms with Crippen LogP contribution < -0.4 is 19.6 Å². The second-order valence-electron chi connectivity index (χ2n) is 6.53. The lowest BCUT2D eigenvalue weighted by molar-refractivity contribution is -0.384. The predicted octanol–water partition coefficient (Wildman–Crippen LogP) is 4.22. The Hall–Kier alpha value is -3.83. The minimum Gasteiger partial charge on any atom is -0.454 e. The number of nitro groups is 1. The van der Waals surface area contributed by atoms with Crippen molar-refractivity contribution in [3.63, 3.8) is 0 Å². The van der Waals surface area contributed by atoms with Gasteiger partial charge in [-0.05, 0) is 54.1 Å². The van der Waals surface area contributed by atoms with Gasteiger partial charge in [0.15, 0.2) is 11.5 Å². The molecule has 0 fully saturated rings. The molecule has 32 heavy (non-hydrogen) atoms. The molecule has 1 heterocycles. The molecule has 1 aliphatic rings. The van der Waals surface area contributed by atoms with Crippen LogP contribution in [0.25, 0.3) is 0 Å². The molecule has 10 nitrogen and oxygen atoms in total. The van der Waals surface area contributed by atoms with Crippen molar-refractivity contribution in [3.05, 3.63) is 81.4 Å². The first kappa shape index (κ1) is 21.4. The summed E-state index contributed by atoms with van der Waals surface area (Å²) in [6.45, 7) is 0.141. The van der Waals surface area contributed by atoms with Gasteiger partial charge in [0.25, 0.3) is 15.7 Å². The van der Waals surface area contributed by atoms with Crippen LogP contribution in [-0.2, 0) is 10.0 Å². The molecule has 164 valence electrons. The summed E-state index contributed by atoms with van der Waals surface area (Å²) < 4.78 is 38.1. The van der Waals surface area contributed by atoms with E-state index < -0.39 is 20.6 Å². The van der Waals surface area contributed by atoms with E-state index in [0.29, 0.717) is 22.1 Å². The number of nitrogens with zero attached hydrogens (tertiary/aromatic N) is 2. The Kier molecular flexibility index (Phi) is 5.84. The van der Waals surface area contributed by atoms with Gasteiger partial charge in [0.1, 0.15) is 5.69 Å². The summed E-state index contributed by atoms with van der Waals surface area (Å²) in [5.74, 6) is 1.19. The van der Waals surface area contributed by atoms with E-state index in [2.05, 4.69) is 15.2 Å². The minimum atomic E-state index is -4.08. The third kappa shape index (κ3) is 4.74. The molecule has 0 amide bonds. The summed E-state index contributed by atoms with van der Waals surface area (Å²) in [7, 11) is -4.08. The van der Waals surface area contributed by atoms with E-state index in [1.165, 1.54) is 30.5 Å². The summed E-state index contributed by atoms with van der Waals surface area (Å²) in [5.41, 5.74) is 3.04. The van der Waals surface area contributed by atoms with Gasteiger partial charge in [0.05, 0.1) is 21.7 Å². The van der Waals surface area contributed by atoms with Gasteiger partial charge in [0.2, 0.25) is 6.79 Å². The molecule has 0 aliphatic carbocycles. The van der Waals surface area contributed by atoms with Crippen LogP contribution >= 0.6 is 11.6 Å². The topological polar surface area (TPSA) is 132 Å². The second-order valence-corrected chi connectivity index (χ2v) is 8.65. The van der Waals surface area contributed by atoms with E-state index in [1.807, 2.05) is 0 Å². The van der Waals surface area contributed by atoms with Crippen molar-refractivity contribution in [1.82, 2.24) is 0 Å². The first-order valence-electron chi connectivity index (χ1n) is 9.07. The Labute approximate surface area is 187 Å². The van der Waals surface area contributed by atoms with E-state index >= 15 is 0 Å². The molecule has 0 saturated heterocycles. The smallest absolute Gasteiger partial charge is 0.295 e. The fourth-order valence-electron chi connectivity index (χ4n) is 2.86. The molecule has 0 atom stereocenters. The van der Waals surface area contributed by atoms with E-state index in [1.54, 1.807) is 30.3 Å². The summed E-state index contributed by atoms with van der Waals surface area (Å²) in [6, 6.07) is 14.7. The zero-order valence-electron chi connectivity index (χ0n) is 16.2. The first-order chi connectivity index (χ1) is 15.3. The highest BCUT2D eigenvalue weighted by molar-refractivity contribution is 7.92. The minimum absolute atomic E-state index is 0.0219. The van der Waals surface area contributed by atoms with Crippen molar-refractivity contribution < 1.29 is 22.8 Å². The molecule has 4 rings (SSSR count). The van der Waals surface area contributed by atoms with Gasteiger partial charge in [-0.1, -0.05) is 17.7 Å². The molecular weight excluding hydrogens is 460 g/mol. The third-order valence-electron chi connectivity index (χ3n) is 4.35. The zero-order chi connectivity index (χ0) is 22.7. The number of benzene rings is 3. The monoisotopic (exact) mass is 474 g/mol. The van der Waals surface area contributed by atoms with Crippen molar-refractivity contribution in [2.75, 3.05) is 16.9 Å². The quantitative estimate of drug-likeness (QED) is 0.297. The summed E-state index contributed by atoms with van der Waals surface area (Å²) >= 11 is 5.87. The highest BCUT2D eigenvalue weighted by Crippen LogP contribution is 2.32. The Balaban J connectivity index is 1.54. The number of nitrogens with one attached hydrogen (secondary N) is 2. The largest absolute Gasteiger partial charge is 0.454 e. The molecule has 3 aromatic rings. The molecular formula is C20H15ClN4O6S. The fourth-order valence-corrected chi connectivity index (χ4v) is 4.12. The number of nitro benzene ring substituents is 1. The van der Waals surface area contributed by atoms with Crippen molar-refractivity contribution in [3.8, 4) is 11.5 Å². The second kappa shape index (κ2) is 8.73. The number of halogens is 1. The van der Waals surface area contributed by atoms with Crippen molar-refractivity contribution in [2.45, 2.75) is 4.90 Å². The number of hydrogen-bond donors (Lipinski definition) is 2. The standard InChI is InChI=1S/C20H15ClN4O6S/c21-14-2-1-3-15(9-14)24-32(28,29)16-5-6-17(18(10-16)25(26)27)23-22-11-13-4-7-19-20(8-13)31-12-30-19/h1-11,23-24H,12H2. The van der Waals surface area contributed by atoms with Crippen molar-refractivity contribution >= 4 is 44.9 Å². The van der Waals surface area contributed by atoms with E-state index in [9.17, 15) is 18.5 Å². The molecule has 12 heteroatoms. The zero-order valence-corrected chi connectivity index (χ0v) is 17.8. The van der Waals surface area contributed by atoms with E-state index in [4.69, 9.17) is 21.1 Å². The molecule has 0 saturated carbocycles. The van der Waals surface area contributed by atoms with Crippen LogP contribution in [0.5, 0.6) is 11.5 Å². The molecule has 0 spiro atoms. The van der Waals surface area contributed by atoms with Crippen LogP contribution in [0.3, 0.4) is 0 Å². The number of anilines is 2. The first-order valence-corrected chi connectivity index (χ1v) is 10.9. The highest BCUT2D eigenvalue weighted by atomic mass is 35.5. The lowest BCUT2D eigenvalue weighted by Crippen LogP contribution is -2.13. The van der Waals surface area contributed by atoms with Gasteiger partial charge in [0, 0.05) is 11.1 Å². The molecule has 0 unspecified atom stereocenters. The van der Waals surface area contributed by atoms with Gasteiger partial charge in [-0.25, -0.2) is 8.42 Å². The molecule has 3 aromatic carbocycles. The van der Waals surface area contributed by atoms with Crippen LogP contribution in [0.1, 0.15) is 5.56 Å². The van der Waals surface area contributed by atoms with Gasteiger partial charge < -0.3 is 9.47 Å². The molecule has 0 bridgehead atoms.